The molecule has 6 nitrogen and oxygen atoms in total. The smallest absolute Gasteiger partial charge is 0.140 e. The van der Waals surface area contributed by atoms with Gasteiger partial charge in [0.15, 0.2) is 0 Å². The number of pyridine rings is 2. The number of H-pyrrole nitrogens is 1. The summed E-state index contributed by atoms with van der Waals surface area (Å²) in [5.74, 6) is 0.370. The van der Waals surface area contributed by atoms with Crippen LogP contribution in [0.25, 0.3) is 33.1 Å². The summed E-state index contributed by atoms with van der Waals surface area (Å²) >= 11 is 0. The van der Waals surface area contributed by atoms with Crippen molar-refractivity contribution in [3.8, 4) is 17.2 Å². The van der Waals surface area contributed by atoms with Crippen LogP contribution in [0.5, 0.6) is 0 Å². The summed E-state index contributed by atoms with van der Waals surface area (Å²) in [5, 5.41) is 15.1. The second-order valence-corrected chi connectivity index (χ2v) is 7.20. The third-order valence-electron chi connectivity index (χ3n) is 5.76. The number of hydrogen-bond donors (Lipinski definition) is 2. The Morgan fingerprint density at radius 2 is 2.18 bits per heavy atom. The van der Waals surface area contributed by atoms with Crippen LogP contribution in [0.1, 0.15) is 18.0 Å². The fourth-order valence-corrected chi connectivity index (χ4v) is 4.37. The van der Waals surface area contributed by atoms with Crippen LogP contribution in [0, 0.1) is 17.2 Å². The van der Waals surface area contributed by atoms with E-state index in [4.69, 9.17) is 0 Å². The number of rotatable bonds is 3. The number of nitrogens with one attached hydrogen (secondary N) is 2. The van der Waals surface area contributed by atoms with Crippen LogP contribution < -0.4 is 5.32 Å². The molecule has 28 heavy (non-hydrogen) atoms. The molecule has 1 aliphatic rings. The molecular formula is C22H20N6. The summed E-state index contributed by atoms with van der Waals surface area (Å²) < 4.78 is 2.32. The minimum absolute atomic E-state index is 0.233. The highest BCUT2D eigenvalue weighted by Crippen LogP contribution is 2.39. The predicted molar refractivity (Wildman–Crippen MR) is 110 cm³/mol. The van der Waals surface area contributed by atoms with Gasteiger partial charge in [-0.25, -0.2) is 4.98 Å². The van der Waals surface area contributed by atoms with Gasteiger partial charge in [0.2, 0.25) is 0 Å². The molecule has 2 atom stereocenters. The topological polar surface area (TPSA) is 82.3 Å². The highest BCUT2D eigenvalue weighted by Gasteiger charge is 2.28. The molecule has 1 saturated heterocycles. The number of piperidine rings is 1. The molecule has 138 valence electrons. The molecule has 0 aromatic carbocycles. The molecule has 0 bridgehead atoms. The second kappa shape index (κ2) is 6.63. The van der Waals surface area contributed by atoms with E-state index in [9.17, 15) is 5.26 Å². The zero-order valence-corrected chi connectivity index (χ0v) is 15.4. The van der Waals surface area contributed by atoms with Crippen LogP contribution in [-0.4, -0.2) is 32.6 Å². The third kappa shape index (κ3) is 2.44. The number of nitriles is 1. The molecule has 4 aromatic rings. The lowest BCUT2D eigenvalue weighted by molar-refractivity contribution is 0.308. The van der Waals surface area contributed by atoms with Crippen molar-refractivity contribution in [1.82, 2.24) is 24.8 Å². The molecule has 0 radical (unpaired) electrons. The molecule has 6 heteroatoms. The van der Waals surface area contributed by atoms with Crippen LogP contribution in [-0.2, 0) is 0 Å². The fourth-order valence-electron chi connectivity index (χ4n) is 4.37. The van der Waals surface area contributed by atoms with Gasteiger partial charge in [0.05, 0.1) is 22.5 Å². The first-order chi connectivity index (χ1) is 13.8. The number of allylic oxidation sites excluding steroid dienone is 1. The average molecular weight is 368 g/mol. The Morgan fingerprint density at radius 1 is 1.32 bits per heavy atom. The van der Waals surface area contributed by atoms with Crippen molar-refractivity contribution in [3.05, 3.63) is 61.3 Å². The van der Waals surface area contributed by atoms with E-state index >= 15 is 0 Å². The maximum atomic E-state index is 9.66. The summed E-state index contributed by atoms with van der Waals surface area (Å²) in [4.78, 5) is 11.9. The van der Waals surface area contributed by atoms with Gasteiger partial charge >= 0.3 is 0 Å². The summed E-state index contributed by atoms with van der Waals surface area (Å²) in [5.41, 5.74) is 4.60. The van der Waals surface area contributed by atoms with Crippen molar-refractivity contribution < 1.29 is 0 Å². The van der Waals surface area contributed by atoms with Crippen LogP contribution in [0.2, 0.25) is 0 Å². The van der Waals surface area contributed by atoms with Gasteiger partial charge in [0, 0.05) is 48.5 Å². The Bertz CT molecular complexity index is 1210. The molecule has 0 amide bonds. The SMILES string of the molecule is C=C[C@@H]1CCNC[C@@H]1n1cc(-c2ccncc2)c2cnc3[nH]cc(C#N)c3c21. The molecule has 5 rings (SSSR count). The van der Waals surface area contributed by atoms with E-state index in [2.05, 4.69) is 49.8 Å². The van der Waals surface area contributed by atoms with E-state index in [1.165, 1.54) is 0 Å². The zero-order valence-electron chi connectivity index (χ0n) is 15.4. The average Bonchev–Trinajstić information content (AvgIpc) is 3.35. The van der Waals surface area contributed by atoms with Gasteiger partial charge < -0.3 is 14.9 Å². The van der Waals surface area contributed by atoms with Crippen LogP contribution in [0.15, 0.2) is 55.8 Å². The number of aromatic amines is 1. The standard InChI is InChI=1S/C22H20N6/c1-2-14-3-8-25-12-19(14)28-13-18(15-4-6-24-7-5-15)17-11-27-22-20(21(17)28)16(9-23)10-26-22/h2,4-7,10-11,13-14,19,25H,1,3,8,12H2,(H,26,27)/t14-,19+/m1/s1. The van der Waals surface area contributed by atoms with Crippen molar-refractivity contribution in [2.75, 3.05) is 13.1 Å². The summed E-state index contributed by atoms with van der Waals surface area (Å²) in [6.45, 7) is 5.93. The van der Waals surface area contributed by atoms with E-state index < -0.39 is 0 Å². The quantitative estimate of drug-likeness (QED) is 0.539. The summed E-state index contributed by atoms with van der Waals surface area (Å²) in [6, 6.07) is 6.57. The van der Waals surface area contributed by atoms with Crippen LogP contribution >= 0.6 is 0 Å². The number of nitrogens with zero attached hydrogens (tertiary/aromatic N) is 4. The number of fused-ring (bicyclic) bond motifs is 3. The lowest BCUT2D eigenvalue weighted by Gasteiger charge is -2.32. The van der Waals surface area contributed by atoms with E-state index in [1.807, 2.05) is 18.3 Å². The normalized spacial score (nSPS) is 19.7. The Balaban J connectivity index is 1.87. The predicted octanol–water partition coefficient (Wildman–Crippen LogP) is 3.79. The first-order valence-electron chi connectivity index (χ1n) is 9.46. The van der Waals surface area contributed by atoms with E-state index in [0.717, 1.165) is 52.6 Å². The number of aromatic nitrogens is 4. The molecule has 0 spiro atoms. The molecule has 5 heterocycles. The molecule has 0 unspecified atom stereocenters. The first kappa shape index (κ1) is 16.7. The molecule has 4 aromatic heterocycles. The van der Waals surface area contributed by atoms with Gasteiger partial charge in [-0.05, 0) is 36.6 Å². The summed E-state index contributed by atoms with van der Waals surface area (Å²) in [6.07, 6.45) is 12.6. The minimum Gasteiger partial charge on any atom is -0.345 e. The molecule has 0 aliphatic carbocycles. The number of hydrogen-bond acceptors (Lipinski definition) is 4. The largest absolute Gasteiger partial charge is 0.345 e. The Morgan fingerprint density at radius 3 is 2.96 bits per heavy atom. The molecule has 2 N–H and O–H groups in total. The maximum Gasteiger partial charge on any atom is 0.140 e. The van der Waals surface area contributed by atoms with Crippen molar-refractivity contribution in [1.29, 1.82) is 5.26 Å². The molecule has 1 aliphatic heterocycles. The monoisotopic (exact) mass is 368 g/mol. The Kier molecular flexibility index (Phi) is 3.96. The first-order valence-corrected chi connectivity index (χ1v) is 9.46. The Labute approximate surface area is 162 Å². The summed E-state index contributed by atoms with van der Waals surface area (Å²) in [7, 11) is 0. The van der Waals surface area contributed by atoms with Gasteiger partial charge in [-0.15, -0.1) is 6.58 Å². The van der Waals surface area contributed by atoms with Gasteiger partial charge in [0.25, 0.3) is 0 Å². The van der Waals surface area contributed by atoms with E-state index in [-0.39, 0.29) is 6.04 Å². The Hall–Kier alpha value is -3.43. The highest BCUT2D eigenvalue weighted by molar-refractivity contribution is 6.11. The maximum absolute atomic E-state index is 9.66. The van der Waals surface area contributed by atoms with Crippen LogP contribution in [0.4, 0.5) is 0 Å². The minimum atomic E-state index is 0.233. The van der Waals surface area contributed by atoms with Crippen molar-refractivity contribution in [2.24, 2.45) is 5.92 Å². The van der Waals surface area contributed by atoms with Gasteiger partial charge in [-0.2, -0.15) is 5.26 Å². The fraction of sp³-hybridized carbons (Fsp3) is 0.227. The van der Waals surface area contributed by atoms with Crippen LogP contribution in [0.3, 0.4) is 0 Å². The molecule has 0 saturated carbocycles. The van der Waals surface area contributed by atoms with Crippen molar-refractivity contribution >= 4 is 21.9 Å². The molecular weight excluding hydrogens is 348 g/mol. The van der Waals surface area contributed by atoms with E-state index in [0.29, 0.717) is 11.5 Å². The van der Waals surface area contributed by atoms with Gasteiger partial charge in [-0.1, -0.05) is 6.08 Å². The van der Waals surface area contributed by atoms with Gasteiger partial charge in [0.1, 0.15) is 11.7 Å². The van der Waals surface area contributed by atoms with E-state index in [1.54, 1.807) is 18.6 Å². The van der Waals surface area contributed by atoms with Crippen molar-refractivity contribution in [3.63, 3.8) is 0 Å². The van der Waals surface area contributed by atoms with Crippen molar-refractivity contribution in [2.45, 2.75) is 12.5 Å². The lowest BCUT2D eigenvalue weighted by atomic mass is 9.92. The molecule has 1 fully saturated rings. The zero-order chi connectivity index (χ0) is 19.1. The highest BCUT2D eigenvalue weighted by atomic mass is 15.1. The second-order valence-electron chi connectivity index (χ2n) is 7.20. The lowest BCUT2D eigenvalue weighted by Crippen LogP contribution is -2.37. The van der Waals surface area contributed by atoms with Gasteiger partial charge in [-0.3, -0.25) is 4.98 Å². The third-order valence-corrected chi connectivity index (χ3v) is 5.76.